The Hall–Kier alpha value is -2.66. The number of thiocarbonyl (C=S) groups is 1. The van der Waals surface area contributed by atoms with Crippen LogP contribution >= 0.6 is 12.2 Å². The lowest BCUT2D eigenvalue weighted by atomic mass is 9.63. The van der Waals surface area contributed by atoms with Gasteiger partial charge in [0, 0.05) is 5.56 Å². The van der Waals surface area contributed by atoms with Crippen LogP contribution in [0.4, 0.5) is 0 Å². The molecule has 156 valence electrons. The summed E-state index contributed by atoms with van der Waals surface area (Å²) < 4.78 is 5.66. The van der Waals surface area contributed by atoms with Crippen molar-refractivity contribution in [2.75, 3.05) is 7.11 Å². The third-order valence-corrected chi connectivity index (χ3v) is 6.62. The van der Waals surface area contributed by atoms with E-state index in [2.05, 4.69) is 62.6 Å². The second-order valence-corrected chi connectivity index (χ2v) is 9.86. The van der Waals surface area contributed by atoms with E-state index >= 15 is 0 Å². The van der Waals surface area contributed by atoms with Crippen LogP contribution in [0.3, 0.4) is 0 Å². The van der Waals surface area contributed by atoms with Gasteiger partial charge in [-0.3, -0.25) is 10.1 Å². The van der Waals surface area contributed by atoms with E-state index in [0.29, 0.717) is 10.8 Å². The van der Waals surface area contributed by atoms with E-state index in [1.54, 1.807) is 7.11 Å². The van der Waals surface area contributed by atoms with Crippen molar-refractivity contribution in [1.29, 1.82) is 0 Å². The summed E-state index contributed by atoms with van der Waals surface area (Å²) in [7, 11) is 1.69. The number of hydrogen-bond acceptors (Lipinski definition) is 3. The maximum atomic E-state index is 12.0. The lowest BCUT2D eigenvalue weighted by molar-refractivity contribution is -0.115. The molecule has 1 saturated heterocycles. The Kier molecular flexibility index (Phi) is 4.97. The molecule has 0 radical (unpaired) electrons. The molecule has 4 nitrogen and oxygen atoms in total. The molecule has 2 aromatic carbocycles. The molecule has 2 aromatic rings. The van der Waals surface area contributed by atoms with Gasteiger partial charge in [0.05, 0.1) is 7.11 Å². The van der Waals surface area contributed by atoms with E-state index in [1.165, 1.54) is 24.0 Å². The van der Waals surface area contributed by atoms with Gasteiger partial charge in [0.1, 0.15) is 11.4 Å². The van der Waals surface area contributed by atoms with Crippen LogP contribution in [0.15, 0.2) is 42.1 Å². The van der Waals surface area contributed by atoms with E-state index in [0.717, 1.165) is 22.4 Å². The number of rotatable bonds is 3. The van der Waals surface area contributed by atoms with Crippen molar-refractivity contribution in [2.45, 2.75) is 51.4 Å². The van der Waals surface area contributed by atoms with Gasteiger partial charge in [-0.2, -0.15) is 0 Å². The zero-order valence-electron chi connectivity index (χ0n) is 18.2. The largest absolute Gasteiger partial charge is 0.496 e. The smallest absolute Gasteiger partial charge is 0.273 e. The first kappa shape index (κ1) is 20.6. The predicted molar refractivity (Wildman–Crippen MR) is 126 cm³/mol. The SMILES string of the molecule is COc1ccc(/C=C2\NC(=S)NC2=O)cc1-c1ccc2c(c1)C(C)(C)CCC2(C)C. The van der Waals surface area contributed by atoms with Crippen molar-refractivity contribution in [3.05, 3.63) is 58.8 Å². The fraction of sp³-hybridized carbons (Fsp3) is 0.360. The lowest BCUT2D eigenvalue weighted by Gasteiger charge is -2.42. The number of methoxy groups -OCH3 is 1. The molecule has 0 bridgehead atoms. The Morgan fingerprint density at radius 1 is 0.967 bits per heavy atom. The van der Waals surface area contributed by atoms with Gasteiger partial charge in [-0.15, -0.1) is 0 Å². The Bertz CT molecular complexity index is 1080. The van der Waals surface area contributed by atoms with Crippen LogP contribution in [0.25, 0.3) is 17.2 Å². The van der Waals surface area contributed by atoms with Crippen LogP contribution in [0.1, 0.15) is 57.2 Å². The highest BCUT2D eigenvalue weighted by Crippen LogP contribution is 2.47. The molecule has 4 rings (SSSR count). The second-order valence-electron chi connectivity index (χ2n) is 9.45. The number of amides is 1. The van der Waals surface area contributed by atoms with Crippen molar-refractivity contribution in [3.8, 4) is 16.9 Å². The summed E-state index contributed by atoms with van der Waals surface area (Å²) in [5, 5.41) is 5.83. The van der Waals surface area contributed by atoms with Gasteiger partial charge in [-0.25, -0.2) is 0 Å². The molecule has 0 aromatic heterocycles. The zero-order valence-corrected chi connectivity index (χ0v) is 19.0. The van der Waals surface area contributed by atoms with Crippen LogP contribution in [-0.4, -0.2) is 18.1 Å². The quantitative estimate of drug-likeness (QED) is 0.539. The van der Waals surface area contributed by atoms with Gasteiger partial charge in [0.25, 0.3) is 5.91 Å². The minimum absolute atomic E-state index is 0.134. The van der Waals surface area contributed by atoms with Crippen LogP contribution in [0.5, 0.6) is 5.75 Å². The monoisotopic (exact) mass is 420 g/mol. The highest BCUT2D eigenvalue weighted by molar-refractivity contribution is 7.80. The maximum absolute atomic E-state index is 12.0. The Balaban J connectivity index is 1.82. The molecule has 2 N–H and O–H groups in total. The van der Waals surface area contributed by atoms with Gasteiger partial charge in [0.2, 0.25) is 0 Å². The lowest BCUT2D eigenvalue weighted by Crippen LogP contribution is -2.33. The van der Waals surface area contributed by atoms with Gasteiger partial charge in [-0.05, 0) is 76.4 Å². The molecule has 0 unspecified atom stereocenters. The van der Waals surface area contributed by atoms with Crippen molar-refractivity contribution in [1.82, 2.24) is 10.6 Å². The highest BCUT2D eigenvalue weighted by atomic mass is 32.1. The first-order valence-electron chi connectivity index (χ1n) is 10.3. The summed E-state index contributed by atoms with van der Waals surface area (Å²) >= 11 is 5.02. The van der Waals surface area contributed by atoms with E-state index < -0.39 is 0 Å². The van der Waals surface area contributed by atoms with E-state index in [1.807, 2.05) is 18.2 Å². The maximum Gasteiger partial charge on any atom is 0.273 e. The predicted octanol–water partition coefficient (Wildman–Crippen LogP) is 5.06. The molecule has 0 saturated carbocycles. The minimum Gasteiger partial charge on any atom is -0.496 e. The van der Waals surface area contributed by atoms with E-state index in [4.69, 9.17) is 17.0 Å². The average Bonchev–Trinajstić information content (AvgIpc) is 3.02. The van der Waals surface area contributed by atoms with Crippen LogP contribution < -0.4 is 15.4 Å². The van der Waals surface area contributed by atoms with Crippen LogP contribution in [0, 0.1) is 0 Å². The van der Waals surface area contributed by atoms with Crippen molar-refractivity contribution < 1.29 is 9.53 Å². The second kappa shape index (κ2) is 7.24. The number of carbonyl (C=O) groups excluding carboxylic acids is 1. The normalized spacial score (nSPS) is 20.5. The van der Waals surface area contributed by atoms with E-state index in [-0.39, 0.29) is 16.7 Å². The van der Waals surface area contributed by atoms with Crippen molar-refractivity contribution in [3.63, 3.8) is 0 Å². The summed E-state index contributed by atoms with van der Waals surface area (Å²) in [4.78, 5) is 12.0. The minimum atomic E-state index is -0.213. The van der Waals surface area contributed by atoms with E-state index in [9.17, 15) is 4.79 Å². The molecule has 2 aliphatic rings. The number of benzene rings is 2. The molecule has 1 heterocycles. The molecular weight excluding hydrogens is 392 g/mol. The Labute approximate surface area is 183 Å². The number of hydrogen-bond donors (Lipinski definition) is 2. The molecule has 1 fully saturated rings. The van der Waals surface area contributed by atoms with Crippen molar-refractivity contribution >= 4 is 29.3 Å². The number of ether oxygens (including phenoxy) is 1. The topological polar surface area (TPSA) is 50.4 Å². The molecular formula is C25H28N2O2S. The Morgan fingerprint density at radius 3 is 2.30 bits per heavy atom. The van der Waals surface area contributed by atoms with Gasteiger partial charge >= 0.3 is 0 Å². The van der Waals surface area contributed by atoms with Gasteiger partial charge < -0.3 is 10.1 Å². The molecule has 1 amide bonds. The molecule has 5 heteroatoms. The molecule has 30 heavy (non-hydrogen) atoms. The molecule has 1 aliphatic heterocycles. The molecule has 0 atom stereocenters. The highest BCUT2D eigenvalue weighted by Gasteiger charge is 2.37. The third-order valence-electron chi connectivity index (χ3n) is 6.42. The third kappa shape index (κ3) is 3.63. The summed E-state index contributed by atoms with van der Waals surface area (Å²) in [6.45, 7) is 9.32. The summed E-state index contributed by atoms with van der Waals surface area (Å²) in [6, 6.07) is 12.7. The van der Waals surface area contributed by atoms with Gasteiger partial charge in [0.15, 0.2) is 5.11 Å². The standard InChI is InChI=1S/C25H28N2O2S/c1-24(2)10-11-25(3,4)19-14-16(7-8-18(19)24)17-12-15(6-9-21(17)29-5)13-20-22(28)27-23(30)26-20/h6-9,12-14H,10-11H2,1-5H3,(H2,26,27,28,30)/b20-13-. The number of nitrogens with one attached hydrogen (secondary N) is 2. The number of carbonyl (C=O) groups is 1. The fourth-order valence-electron chi connectivity index (χ4n) is 4.45. The van der Waals surface area contributed by atoms with Crippen molar-refractivity contribution in [2.24, 2.45) is 0 Å². The molecule has 0 spiro atoms. The zero-order chi connectivity index (χ0) is 21.7. The first-order valence-corrected chi connectivity index (χ1v) is 10.7. The van der Waals surface area contributed by atoms with Crippen LogP contribution in [-0.2, 0) is 15.6 Å². The fourth-order valence-corrected chi connectivity index (χ4v) is 4.65. The first-order chi connectivity index (χ1) is 14.1. The molecule has 1 aliphatic carbocycles. The summed E-state index contributed by atoms with van der Waals surface area (Å²) in [5.74, 6) is 0.597. The Morgan fingerprint density at radius 2 is 1.67 bits per heavy atom. The van der Waals surface area contributed by atoms with Gasteiger partial charge in [-0.1, -0.05) is 52.0 Å². The van der Waals surface area contributed by atoms with Crippen LogP contribution in [0.2, 0.25) is 0 Å². The number of fused-ring (bicyclic) bond motifs is 1. The average molecular weight is 421 g/mol. The summed E-state index contributed by atoms with van der Waals surface area (Å²) in [5.41, 5.74) is 6.64. The summed E-state index contributed by atoms with van der Waals surface area (Å²) in [6.07, 6.45) is 4.17.